The highest BCUT2D eigenvalue weighted by Gasteiger charge is 2.19. The van der Waals surface area contributed by atoms with Crippen molar-refractivity contribution in [3.8, 4) is 0 Å². The van der Waals surface area contributed by atoms with E-state index in [1.54, 1.807) is 0 Å². The fourth-order valence-corrected chi connectivity index (χ4v) is 1.68. The van der Waals surface area contributed by atoms with Crippen LogP contribution in [0.3, 0.4) is 0 Å². The Morgan fingerprint density at radius 3 is 2.80 bits per heavy atom. The van der Waals surface area contributed by atoms with Gasteiger partial charge in [0, 0.05) is 19.1 Å². The van der Waals surface area contributed by atoms with Crippen LogP contribution in [0.4, 0.5) is 0 Å². The monoisotopic (exact) mass is 142 g/mol. The first-order valence-corrected chi connectivity index (χ1v) is 4.26. The van der Waals surface area contributed by atoms with Gasteiger partial charge in [-0.15, -0.1) is 0 Å². The molecule has 0 bridgehead atoms. The summed E-state index contributed by atoms with van der Waals surface area (Å²) in [5.41, 5.74) is 5.38. The maximum absolute atomic E-state index is 5.38. The van der Waals surface area contributed by atoms with Crippen molar-refractivity contribution < 1.29 is 0 Å². The van der Waals surface area contributed by atoms with Crippen LogP contribution >= 0.6 is 0 Å². The highest BCUT2D eigenvalue weighted by Crippen LogP contribution is 2.24. The van der Waals surface area contributed by atoms with E-state index in [4.69, 9.17) is 5.73 Å². The Kier molecular flexibility index (Phi) is 3.16. The van der Waals surface area contributed by atoms with Gasteiger partial charge in [0.2, 0.25) is 0 Å². The number of hydrogen-bond acceptors (Lipinski definition) is 2. The van der Waals surface area contributed by atoms with Crippen LogP contribution in [0.25, 0.3) is 0 Å². The lowest BCUT2D eigenvalue weighted by molar-refractivity contribution is 0.509. The molecule has 1 aliphatic rings. The van der Waals surface area contributed by atoms with E-state index in [-0.39, 0.29) is 0 Å². The minimum Gasteiger partial charge on any atom is -0.329 e. The number of nitrogens with one attached hydrogen (secondary N) is 1. The molecule has 0 spiro atoms. The molecule has 0 aliphatic heterocycles. The Hall–Kier alpha value is -0.0800. The normalized spacial score (nSPS) is 33.0. The minimum absolute atomic E-state index is 0.763. The highest BCUT2D eigenvalue weighted by atomic mass is 14.9. The third kappa shape index (κ3) is 2.27. The third-order valence-corrected chi connectivity index (χ3v) is 2.27. The van der Waals surface area contributed by atoms with Gasteiger partial charge in [-0.1, -0.05) is 6.92 Å². The molecule has 0 amide bonds. The van der Waals surface area contributed by atoms with Crippen molar-refractivity contribution in [3.63, 3.8) is 0 Å². The molecule has 0 unspecified atom stereocenters. The van der Waals surface area contributed by atoms with Crippen LogP contribution in [0.1, 0.15) is 26.2 Å². The Bertz CT molecular complexity index is 93.3. The molecule has 0 radical (unpaired) electrons. The van der Waals surface area contributed by atoms with Crippen molar-refractivity contribution in [1.29, 1.82) is 0 Å². The Balaban J connectivity index is 2.06. The fraction of sp³-hybridized carbons (Fsp3) is 1.00. The lowest BCUT2D eigenvalue weighted by atomic mass is 10.1. The predicted octanol–water partition coefficient (Wildman–Crippen LogP) is 0.723. The van der Waals surface area contributed by atoms with Crippen molar-refractivity contribution in [2.75, 3.05) is 13.1 Å². The maximum atomic E-state index is 5.38. The van der Waals surface area contributed by atoms with Gasteiger partial charge >= 0.3 is 0 Å². The molecule has 0 aromatic carbocycles. The molecule has 2 heteroatoms. The standard InChI is InChI=1S/C8H18N2/c1-7-2-3-8(6-7)10-5-4-9/h7-8,10H,2-6,9H2,1H3/t7-,8-/m1/s1. The van der Waals surface area contributed by atoms with Crippen LogP contribution in [-0.4, -0.2) is 19.1 Å². The molecule has 0 aromatic rings. The van der Waals surface area contributed by atoms with E-state index in [2.05, 4.69) is 12.2 Å². The maximum Gasteiger partial charge on any atom is 0.00770 e. The molecule has 60 valence electrons. The van der Waals surface area contributed by atoms with E-state index < -0.39 is 0 Å². The zero-order valence-corrected chi connectivity index (χ0v) is 6.77. The van der Waals surface area contributed by atoms with Gasteiger partial charge in [-0.2, -0.15) is 0 Å². The average Bonchev–Trinajstić information content (AvgIpc) is 2.31. The lowest BCUT2D eigenvalue weighted by Gasteiger charge is -2.10. The van der Waals surface area contributed by atoms with Gasteiger partial charge in [-0.05, 0) is 25.2 Å². The van der Waals surface area contributed by atoms with E-state index in [1.807, 2.05) is 0 Å². The summed E-state index contributed by atoms with van der Waals surface area (Å²) in [5, 5.41) is 3.44. The van der Waals surface area contributed by atoms with Crippen molar-refractivity contribution in [3.05, 3.63) is 0 Å². The zero-order valence-electron chi connectivity index (χ0n) is 6.77. The molecule has 2 atom stereocenters. The molecule has 1 fully saturated rings. The topological polar surface area (TPSA) is 38.0 Å². The van der Waals surface area contributed by atoms with E-state index in [0.717, 1.165) is 25.0 Å². The van der Waals surface area contributed by atoms with Gasteiger partial charge in [0.25, 0.3) is 0 Å². The third-order valence-electron chi connectivity index (χ3n) is 2.27. The first-order valence-electron chi connectivity index (χ1n) is 4.26. The molecule has 10 heavy (non-hydrogen) atoms. The van der Waals surface area contributed by atoms with Gasteiger partial charge in [-0.25, -0.2) is 0 Å². The molecular weight excluding hydrogens is 124 g/mol. The Morgan fingerprint density at radius 2 is 2.30 bits per heavy atom. The second-order valence-electron chi connectivity index (χ2n) is 3.36. The fourth-order valence-electron chi connectivity index (χ4n) is 1.68. The smallest absolute Gasteiger partial charge is 0.00770 e. The molecule has 1 aliphatic carbocycles. The Labute approximate surface area is 63.2 Å². The van der Waals surface area contributed by atoms with E-state index >= 15 is 0 Å². The predicted molar refractivity (Wildman–Crippen MR) is 43.9 cm³/mol. The molecule has 3 N–H and O–H groups in total. The Morgan fingerprint density at radius 1 is 1.50 bits per heavy atom. The van der Waals surface area contributed by atoms with Crippen molar-refractivity contribution in [1.82, 2.24) is 5.32 Å². The summed E-state index contributed by atoms with van der Waals surface area (Å²) in [4.78, 5) is 0. The largest absolute Gasteiger partial charge is 0.329 e. The van der Waals surface area contributed by atoms with Crippen LogP contribution in [0, 0.1) is 5.92 Å². The van der Waals surface area contributed by atoms with Crippen molar-refractivity contribution in [2.45, 2.75) is 32.2 Å². The van der Waals surface area contributed by atoms with Crippen molar-refractivity contribution in [2.24, 2.45) is 11.7 Å². The molecule has 2 nitrogen and oxygen atoms in total. The van der Waals surface area contributed by atoms with Crippen molar-refractivity contribution >= 4 is 0 Å². The average molecular weight is 142 g/mol. The van der Waals surface area contributed by atoms with Gasteiger partial charge < -0.3 is 11.1 Å². The highest BCUT2D eigenvalue weighted by molar-refractivity contribution is 4.77. The van der Waals surface area contributed by atoms with Crippen LogP contribution < -0.4 is 11.1 Å². The summed E-state index contributed by atoms with van der Waals surface area (Å²) < 4.78 is 0. The van der Waals surface area contributed by atoms with Gasteiger partial charge in [0.15, 0.2) is 0 Å². The first kappa shape index (κ1) is 8.02. The molecule has 0 heterocycles. The second-order valence-corrected chi connectivity index (χ2v) is 3.36. The SMILES string of the molecule is C[C@@H]1CC[C@@H](NCCN)C1. The van der Waals surface area contributed by atoms with Crippen LogP contribution in [0.5, 0.6) is 0 Å². The summed E-state index contributed by atoms with van der Waals surface area (Å²) in [5.74, 6) is 0.926. The molecule has 0 saturated heterocycles. The zero-order chi connectivity index (χ0) is 7.40. The molecule has 1 saturated carbocycles. The molecule has 0 aromatic heterocycles. The van der Waals surface area contributed by atoms with E-state index in [9.17, 15) is 0 Å². The van der Waals surface area contributed by atoms with E-state index in [0.29, 0.717) is 0 Å². The minimum atomic E-state index is 0.763. The second kappa shape index (κ2) is 3.94. The quantitative estimate of drug-likeness (QED) is 0.609. The van der Waals surface area contributed by atoms with Gasteiger partial charge in [0.05, 0.1) is 0 Å². The summed E-state index contributed by atoms with van der Waals surface area (Å²) in [6, 6.07) is 0.763. The molecular formula is C8H18N2. The summed E-state index contributed by atoms with van der Waals surface area (Å²) >= 11 is 0. The summed E-state index contributed by atoms with van der Waals surface area (Å²) in [7, 11) is 0. The lowest BCUT2D eigenvalue weighted by Crippen LogP contribution is -2.31. The van der Waals surface area contributed by atoms with Gasteiger partial charge in [0.1, 0.15) is 0 Å². The summed E-state index contributed by atoms with van der Waals surface area (Å²) in [6.07, 6.45) is 4.09. The number of hydrogen-bond donors (Lipinski definition) is 2. The van der Waals surface area contributed by atoms with Gasteiger partial charge in [-0.3, -0.25) is 0 Å². The number of rotatable bonds is 3. The first-order chi connectivity index (χ1) is 4.83. The molecule has 1 rings (SSSR count). The van der Waals surface area contributed by atoms with E-state index in [1.165, 1.54) is 19.3 Å². The van der Waals surface area contributed by atoms with Crippen LogP contribution in [-0.2, 0) is 0 Å². The number of nitrogens with two attached hydrogens (primary N) is 1. The summed E-state index contributed by atoms with van der Waals surface area (Å²) in [6.45, 7) is 4.08. The van der Waals surface area contributed by atoms with Crippen LogP contribution in [0.15, 0.2) is 0 Å². The van der Waals surface area contributed by atoms with Crippen LogP contribution in [0.2, 0.25) is 0 Å².